The van der Waals surface area contributed by atoms with Crippen LogP contribution in [0, 0.1) is 13.8 Å². The number of fused-ring (bicyclic) bond motifs is 1. The van der Waals surface area contributed by atoms with Crippen molar-refractivity contribution in [2.45, 2.75) is 40.3 Å². The van der Waals surface area contributed by atoms with E-state index in [1.54, 1.807) is 17.9 Å². The van der Waals surface area contributed by atoms with Crippen molar-refractivity contribution in [3.8, 4) is 0 Å². The lowest BCUT2D eigenvalue weighted by Gasteiger charge is -2.06. The Morgan fingerprint density at radius 1 is 1.35 bits per heavy atom. The van der Waals surface area contributed by atoms with Crippen molar-refractivity contribution in [2.75, 3.05) is 13.7 Å². The standard InChI is InChI=1S/C19H24N4O2S/c1-12(2)23-7-6-15(21-23)18(24)20-19-22(8-9-25-5)16-11-13(3)10-14(4)17(16)26-19/h6-7,10-12H,8-9H2,1-5H3. The number of thiazole rings is 1. The molecule has 0 aliphatic carbocycles. The van der Waals surface area contributed by atoms with Crippen molar-refractivity contribution >= 4 is 27.5 Å². The Morgan fingerprint density at radius 3 is 2.77 bits per heavy atom. The van der Waals surface area contributed by atoms with E-state index in [0.717, 1.165) is 10.2 Å². The number of carbonyl (C=O) groups excluding carboxylic acids is 1. The van der Waals surface area contributed by atoms with E-state index in [4.69, 9.17) is 4.74 Å². The monoisotopic (exact) mass is 372 g/mol. The molecule has 0 fully saturated rings. The largest absolute Gasteiger partial charge is 0.383 e. The number of methoxy groups -OCH3 is 1. The summed E-state index contributed by atoms with van der Waals surface area (Å²) < 4.78 is 10.2. The number of rotatable bonds is 5. The van der Waals surface area contributed by atoms with Crippen LogP contribution >= 0.6 is 11.3 Å². The fraction of sp³-hybridized carbons (Fsp3) is 0.421. The number of nitrogens with zero attached hydrogens (tertiary/aromatic N) is 4. The number of aryl methyl sites for hydroxylation is 2. The Labute approximate surface area is 156 Å². The van der Waals surface area contributed by atoms with Crippen LogP contribution in [-0.2, 0) is 11.3 Å². The molecule has 0 spiro atoms. The molecular weight excluding hydrogens is 348 g/mol. The summed E-state index contributed by atoms with van der Waals surface area (Å²) >= 11 is 1.53. The lowest BCUT2D eigenvalue weighted by atomic mass is 10.1. The fourth-order valence-electron chi connectivity index (χ4n) is 2.88. The second-order valence-electron chi connectivity index (χ2n) is 6.65. The Bertz CT molecular complexity index is 1010. The van der Waals surface area contributed by atoms with Crippen LogP contribution in [0.1, 0.15) is 41.5 Å². The van der Waals surface area contributed by atoms with Crippen molar-refractivity contribution in [2.24, 2.45) is 4.99 Å². The van der Waals surface area contributed by atoms with Gasteiger partial charge in [-0.05, 0) is 51.0 Å². The molecule has 6 nitrogen and oxygen atoms in total. The highest BCUT2D eigenvalue weighted by molar-refractivity contribution is 7.16. The van der Waals surface area contributed by atoms with E-state index in [9.17, 15) is 4.79 Å². The third-order valence-electron chi connectivity index (χ3n) is 4.19. The summed E-state index contributed by atoms with van der Waals surface area (Å²) in [5.41, 5.74) is 3.83. The predicted molar refractivity (Wildman–Crippen MR) is 104 cm³/mol. The molecule has 2 aromatic heterocycles. The lowest BCUT2D eigenvalue weighted by molar-refractivity contribution is 0.0991. The molecule has 0 aliphatic rings. The van der Waals surface area contributed by atoms with Gasteiger partial charge in [0.15, 0.2) is 10.5 Å². The van der Waals surface area contributed by atoms with Gasteiger partial charge in [0.1, 0.15) is 0 Å². The van der Waals surface area contributed by atoms with Gasteiger partial charge in [0.2, 0.25) is 0 Å². The average Bonchev–Trinajstić information content (AvgIpc) is 3.19. The average molecular weight is 372 g/mol. The Morgan fingerprint density at radius 2 is 2.12 bits per heavy atom. The molecule has 7 heteroatoms. The molecule has 3 rings (SSSR count). The summed E-state index contributed by atoms with van der Waals surface area (Å²) in [4.78, 5) is 17.7. The molecule has 1 aromatic carbocycles. The van der Waals surface area contributed by atoms with Crippen LogP contribution in [0.2, 0.25) is 0 Å². The number of carbonyl (C=O) groups is 1. The highest BCUT2D eigenvalue weighted by Crippen LogP contribution is 2.23. The van der Waals surface area contributed by atoms with E-state index in [2.05, 4.69) is 40.6 Å². The quantitative estimate of drug-likeness (QED) is 0.689. The minimum absolute atomic E-state index is 0.207. The van der Waals surface area contributed by atoms with E-state index in [1.165, 1.54) is 22.5 Å². The minimum Gasteiger partial charge on any atom is -0.383 e. The van der Waals surface area contributed by atoms with Gasteiger partial charge in [-0.2, -0.15) is 10.1 Å². The van der Waals surface area contributed by atoms with E-state index in [0.29, 0.717) is 23.6 Å². The maximum atomic E-state index is 12.6. The van der Waals surface area contributed by atoms with Crippen LogP contribution in [0.3, 0.4) is 0 Å². The molecule has 0 saturated heterocycles. The summed E-state index contributed by atoms with van der Waals surface area (Å²) in [5.74, 6) is -0.323. The minimum atomic E-state index is -0.323. The maximum Gasteiger partial charge on any atom is 0.300 e. The van der Waals surface area contributed by atoms with Gasteiger partial charge < -0.3 is 9.30 Å². The molecule has 0 aliphatic heterocycles. The van der Waals surface area contributed by atoms with Crippen LogP contribution < -0.4 is 4.80 Å². The molecule has 138 valence electrons. The third-order valence-corrected chi connectivity index (χ3v) is 5.42. The van der Waals surface area contributed by atoms with Gasteiger partial charge in [-0.15, -0.1) is 0 Å². The van der Waals surface area contributed by atoms with E-state index in [-0.39, 0.29) is 11.9 Å². The van der Waals surface area contributed by atoms with Gasteiger partial charge in [-0.3, -0.25) is 9.48 Å². The number of hydrogen-bond donors (Lipinski definition) is 0. The first kappa shape index (κ1) is 18.5. The zero-order chi connectivity index (χ0) is 18.8. The molecule has 0 bridgehead atoms. The Balaban J connectivity index is 2.11. The molecule has 1 amide bonds. The summed E-state index contributed by atoms with van der Waals surface area (Å²) in [5, 5.41) is 4.33. The summed E-state index contributed by atoms with van der Waals surface area (Å²) in [6.07, 6.45) is 1.81. The molecule has 0 atom stereocenters. The van der Waals surface area contributed by atoms with Gasteiger partial charge >= 0.3 is 0 Å². The van der Waals surface area contributed by atoms with Crippen LogP contribution in [0.15, 0.2) is 29.4 Å². The van der Waals surface area contributed by atoms with Gasteiger partial charge in [0, 0.05) is 25.9 Å². The SMILES string of the molecule is COCCn1c(=NC(=O)c2ccn(C(C)C)n2)sc2c(C)cc(C)cc21. The zero-order valence-electron chi connectivity index (χ0n) is 15.8. The summed E-state index contributed by atoms with van der Waals surface area (Å²) in [6, 6.07) is 6.20. The highest BCUT2D eigenvalue weighted by Gasteiger charge is 2.13. The van der Waals surface area contributed by atoms with Crippen LogP contribution in [0.25, 0.3) is 10.2 Å². The first-order chi connectivity index (χ1) is 12.4. The highest BCUT2D eigenvalue weighted by atomic mass is 32.1. The Kier molecular flexibility index (Phi) is 5.38. The fourth-order valence-corrected chi connectivity index (χ4v) is 3.98. The number of hydrogen-bond acceptors (Lipinski definition) is 4. The smallest absolute Gasteiger partial charge is 0.300 e. The first-order valence-corrected chi connectivity index (χ1v) is 9.46. The second-order valence-corrected chi connectivity index (χ2v) is 7.63. The van der Waals surface area contributed by atoms with Crippen LogP contribution in [0.5, 0.6) is 0 Å². The Hall–Kier alpha value is -2.25. The van der Waals surface area contributed by atoms with Crippen molar-refractivity contribution in [1.82, 2.24) is 14.3 Å². The van der Waals surface area contributed by atoms with Crippen molar-refractivity contribution in [1.29, 1.82) is 0 Å². The molecule has 3 aromatic rings. The molecular formula is C19H24N4O2S. The van der Waals surface area contributed by atoms with Crippen LogP contribution in [-0.4, -0.2) is 34.0 Å². The van der Waals surface area contributed by atoms with E-state index in [1.807, 2.05) is 20.0 Å². The lowest BCUT2D eigenvalue weighted by Crippen LogP contribution is -2.19. The van der Waals surface area contributed by atoms with Gasteiger partial charge in [0.25, 0.3) is 5.91 Å². The summed E-state index contributed by atoms with van der Waals surface area (Å²) in [6.45, 7) is 9.41. The molecule has 0 radical (unpaired) electrons. The predicted octanol–water partition coefficient (Wildman–Crippen LogP) is 3.48. The third kappa shape index (κ3) is 3.64. The van der Waals surface area contributed by atoms with Gasteiger partial charge in [-0.25, -0.2) is 0 Å². The summed E-state index contributed by atoms with van der Waals surface area (Å²) in [7, 11) is 1.67. The maximum absolute atomic E-state index is 12.6. The normalized spacial score (nSPS) is 12.5. The number of aromatic nitrogens is 3. The van der Waals surface area contributed by atoms with Crippen molar-refractivity contribution in [3.63, 3.8) is 0 Å². The topological polar surface area (TPSA) is 61.4 Å². The zero-order valence-corrected chi connectivity index (χ0v) is 16.6. The second kappa shape index (κ2) is 7.55. The number of benzene rings is 1. The molecule has 26 heavy (non-hydrogen) atoms. The van der Waals surface area contributed by atoms with Crippen molar-refractivity contribution in [3.05, 3.63) is 46.0 Å². The van der Waals surface area contributed by atoms with Crippen LogP contribution in [0.4, 0.5) is 0 Å². The van der Waals surface area contributed by atoms with E-state index < -0.39 is 0 Å². The first-order valence-electron chi connectivity index (χ1n) is 8.64. The molecule has 0 N–H and O–H groups in total. The van der Waals surface area contributed by atoms with Crippen molar-refractivity contribution < 1.29 is 9.53 Å². The number of ether oxygens (including phenoxy) is 1. The van der Waals surface area contributed by atoms with Gasteiger partial charge in [0.05, 0.1) is 16.8 Å². The van der Waals surface area contributed by atoms with E-state index >= 15 is 0 Å². The number of amides is 1. The van der Waals surface area contributed by atoms with Gasteiger partial charge in [-0.1, -0.05) is 17.4 Å². The molecule has 0 unspecified atom stereocenters. The molecule has 2 heterocycles. The molecule has 0 saturated carbocycles.